The van der Waals surface area contributed by atoms with Crippen LogP contribution in [0.5, 0.6) is 0 Å². The van der Waals surface area contributed by atoms with E-state index in [0.29, 0.717) is 32.3 Å². The van der Waals surface area contributed by atoms with Gasteiger partial charge in [0, 0.05) is 32.9 Å². The first-order valence-electron chi connectivity index (χ1n) is 7.13. The van der Waals surface area contributed by atoms with Gasteiger partial charge in [-0.15, -0.1) is 0 Å². The van der Waals surface area contributed by atoms with E-state index in [1.807, 2.05) is 13.8 Å². The van der Waals surface area contributed by atoms with Crippen LogP contribution in [0.4, 0.5) is 0 Å². The van der Waals surface area contributed by atoms with Gasteiger partial charge in [0.1, 0.15) is 0 Å². The van der Waals surface area contributed by atoms with Crippen LogP contribution in [0, 0.1) is 5.92 Å². The molecule has 114 valence electrons. The summed E-state index contributed by atoms with van der Waals surface area (Å²) in [5, 5.41) is 6.22. The topological polar surface area (TPSA) is 59.6 Å². The van der Waals surface area contributed by atoms with Crippen molar-refractivity contribution in [3.63, 3.8) is 0 Å². The van der Waals surface area contributed by atoms with E-state index in [0.717, 1.165) is 6.42 Å². The van der Waals surface area contributed by atoms with Crippen LogP contribution in [0.3, 0.4) is 0 Å². The molecule has 0 aliphatic carbocycles. The van der Waals surface area contributed by atoms with E-state index in [-0.39, 0.29) is 18.0 Å². The summed E-state index contributed by atoms with van der Waals surface area (Å²) in [5.41, 5.74) is 0. The summed E-state index contributed by atoms with van der Waals surface area (Å²) in [6.07, 6.45) is 0.835. The second kappa shape index (κ2) is 11.2. The number of nitrogens with one attached hydrogen (secondary N) is 2. The summed E-state index contributed by atoms with van der Waals surface area (Å²) in [4.78, 5) is 11.9. The zero-order chi connectivity index (χ0) is 14.7. The molecule has 0 aromatic rings. The Balaban J connectivity index is 4.01. The summed E-state index contributed by atoms with van der Waals surface area (Å²) >= 11 is 0. The number of hydrogen-bond donors (Lipinski definition) is 2. The smallest absolute Gasteiger partial charge is 0.236 e. The predicted octanol–water partition coefficient (Wildman–Crippen LogP) is 1.18. The molecule has 0 saturated heterocycles. The molecule has 1 amide bonds. The Morgan fingerprint density at radius 2 is 1.95 bits per heavy atom. The van der Waals surface area contributed by atoms with Crippen LogP contribution in [-0.2, 0) is 14.3 Å². The van der Waals surface area contributed by atoms with Gasteiger partial charge in [0.15, 0.2) is 0 Å². The van der Waals surface area contributed by atoms with Gasteiger partial charge in [-0.25, -0.2) is 0 Å². The van der Waals surface area contributed by atoms with Gasteiger partial charge in [-0.1, -0.05) is 13.8 Å². The molecule has 0 aliphatic heterocycles. The summed E-state index contributed by atoms with van der Waals surface area (Å²) in [7, 11) is 1.66. The molecule has 5 heteroatoms. The highest BCUT2D eigenvalue weighted by Crippen LogP contribution is 2.03. The third-order valence-electron chi connectivity index (χ3n) is 2.99. The number of hydrogen-bond acceptors (Lipinski definition) is 4. The maximum absolute atomic E-state index is 11.9. The van der Waals surface area contributed by atoms with Gasteiger partial charge in [-0.2, -0.15) is 0 Å². The van der Waals surface area contributed by atoms with Crippen LogP contribution in [0.2, 0.25) is 0 Å². The quantitative estimate of drug-likeness (QED) is 0.555. The van der Waals surface area contributed by atoms with Crippen molar-refractivity contribution in [2.45, 2.75) is 46.2 Å². The van der Waals surface area contributed by atoms with Gasteiger partial charge in [-0.05, 0) is 26.2 Å². The number of methoxy groups -OCH3 is 1. The van der Waals surface area contributed by atoms with Crippen molar-refractivity contribution in [3.05, 3.63) is 0 Å². The minimum absolute atomic E-state index is 0.0262. The molecule has 0 rings (SSSR count). The standard InChI is InChI=1S/C14H30N2O3/c1-6-19-10-13(11(2)3)16-12(4)14(17)15-8-7-9-18-5/h11-13,16H,6-10H2,1-5H3,(H,15,17). The van der Waals surface area contributed by atoms with Crippen molar-refractivity contribution in [3.8, 4) is 0 Å². The molecule has 2 unspecified atom stereocenters. The van der Waals surface area contributed by atoms with Crippen LogP contribution >= 0.6 is 0 Å². The number of amides is 1. The normalized spacial score (nSPS) is 14.4. The molecule has 2 atom stereocenters. The monoisotopic (exact) mass is 274 g/mol. The van der Waals surface area contributed by atoms with E-state index in [1.165, 1.54) is 0 Å². The Bertz CT molecular complexity index is 235. The lowest BCUT2D eigenvalue weighted by Gasteiger charge is -2.25. The van der Waals surface area contributed by atoms with Crippen molar-refractivity contribution in [2.24, 2.45) is 5.92 Å². The minimum Gasteiger partial charge on any atom is -0.385 e. The molecule has 5 nitrogen and oxygen atoms in total. The number of ether oxygens (including phenoxy) is 2. The Morgan fingerprint density at radius 3 is 2.47 bits per heavy atom. The highest BCUT2D eigenvalue weighted by atomic mass is 16.5. The number of carbonyl (C=O) groups is 1. The van der Waals surface area contributed by atoms with Crippen molar-refractivity contribution in [1.29, 1.82) is 0 Å². The minimum atomic E-state index is -0.213. The number of carbonyl (C=O) groups excluding carboxylic acids is 1. The molecule has 0 radical (unpaired) electrons. The summed E-state index contributed by atoms with van der Waals surface area (Å²) in [6, 6.07) is -0.0184. The zero-order valence-electron chi connectivity index (χ0n) is 13.0. The molecule has 0 heterocycles. The fraction of sp³-hybridized carbons (Fsp3) is 0.929. The molecule has 0 bridgehead atoms. The maximum atomic E-state index is 11.9. The average Bonchev–Trinajstić information content (AvgIpc) is 2.38. The van der Waals surface area contributed by atoms with E-state index in [4.69, 9.17) is 9.47 Å². The first-order valence-corrected chi connectivity index (χ1v) is 7.13. The molecule has 0 fully saturated rings. The molecular formula is C14H30N2O3. The molecule has 0 saturated carbocycles. The Labute approximate surface area is 117 Å². The van der Waals surface area contributed by atoms with Crippen molar-refractivity contribution >= 4 is 5.91 Å². The highest BCUT2D eigenvalue weighted by molar-refractivity contribution is 5.81. The summed E-state index contributed by atoms with van der Waals surface area (Å²) in [5.74, 6) is 0.452. The van der Waals surface area contributed by atoms with E-state index in [9.17, 15) is 4.79 Å². The molecule has 0 spiro atoms. The molecular weight excluding hydrogens is 244 g/mol. The van der Waals surface area contributed by atoms with E-state index >= 15 is 0 Å². The van der Waals surface area contributed by atoms with Gasteiger partial charge in [0.2, 0.25) is 5.91 Å². The third kappa shape index (κ3) is 8.97. The first-order chi connectivity index (χ1) is 9.02. The molecule has 0 aromatic heterocycles. The van der Waals surface area contributed by atoms with Crippen LogP contribution in [-0.4, -0.2) is 51.5 Å². The summed E-state index contributed by atoms with van der Waals surface area (Å²) < 4.78 is 10.4. The lowest BCUT2D eigenvalue weighted by atomic mass is 10.0. The van der Waals surface area contributed by atoms with Crippen LogP contribution in [0.1, 0.15) is 34.1 Å². The fourth-order valence-corrected chi connectivity index (χ4v) is 1.66. The fourth-order valence-electron chi connectivity index (χ4n) is 1.66. The van der Waals surface area contributed by atoms with Gasteiger partial charge in [0.25, 0.3) is 0 Å². The Hall–Kier alpha value is -0.650. The molecule has 19 heavy (non-hydrogen) atoms. The van der Waals surface area contributed by atoms with Crippen molar-refractivity contribution in [1.82, 2.24) is 10.6 Å². The lowest BCUT2D eigenvalue weighted by molar-refractivity contribution is -0.123. The largest absolute Gasteiger partial charge is 0.385 e. The maximum Gasteiger partial charge on any atom is 0.236 e. The third-order valence-corrected chi connectivity index (χ3v) is 2.99. The van der Waals surface area contributed by atoms with E-state index < -0.39 is 0 Å². The Morgan fingerprint density at radius 1 is 1.26 bits per heavy atom. The molecule has 2 N–H and O–H groups in total. The van der Waals surface area contributed by atoms with E-state index in [1.54, 1.807) is 7.11 Å². The zero-order valence-corrected chi connectivity index (χ0v) is 13.0. The van der Waals surface area contributed by atoms with Gasteiger partial charge in [0.05, 0.1) is 12.6 Å². The summed E-state index contributed by atoms with van der Waals surface area (Å²) in [6.45, 7) is 10.8. The number of rotatable bonds is 11. The molecule has 0 aromatic carbocycles. The average molecular weight is 274 g/mol. The van der Waals surface area contributed by atoms with Crippen LogP contribution < -0.4 is 10.6 Å². The lowest BCUT2D eigenvalue weighted by Crippen LogP contribution is -2.50. The van der Waals surface area contributed by atoms with Crippen LogP contribution in [0.15, 0.2) is 0 Å². The highest BCUT2D eigenvalue weighted by Gasteiger charge is 2.19. The van der Waals surface area contributed by atoms with Crippen molar-refractivity contribution in [2.75, 3.05) is 33.5 Å². The Kier molecular flexibility index (Phi) is 10.8. The van der Waals surface area contributed by atoms with Crippen molar-refractivity contribution < 1.29 is 14.3 Å². The first kappa shape index (κ1) is 18.4. The van der Waals surface area contributed by atoms with Gasteiger partial charge in [-0.3, -0.25) is 4.79 Å². The van der Waals surface area contributed by atoms with Gasteiger partial charge < -0.3 is 20.1 Å². The SMILES string of the molecule is CCOCC(NC(C)C(=O)NCCCOC)C(C)C. The second-order valence-electron chi connectivity index (χ2n) is 5.04. The second-order valence-corrected chi connectivity index (χ2v) is 5.04. The van der Waals surface area contributed by atoms with E-state index in [2.05, 4.69) is 24.5 Å². The molecule has 0 aliphatic rings. The van der Waals surface area contributed by atoms with Gasteiger partial charge >= 0.3 is 0 Å². The predicted molar refractivity (Wildman–Crippen MR) is 77.2 cm³/mol. The van der Waals surface area contributed by atoms with Crippen LogP contribution in [0.25, 0.3) is 0 Å².